The topological polar surface area (TPSA) is 92.1 Å². The Hall–Kier alpha value is -4.28. The SMILES string of the molecule is COc1nc(-c2cccc(-c3cccc(-c4ccc5ncc(CN6CC7(CCC(=O)C7)C6)n5c4)c3Cl)c2Cl)ccc1CN1CC2(CCC(=O)N2)C1. The Bertz CT molecular complexity index is 2220. The first-order valence-corrected chi connectivity index (χ1v) is 18.3. The number of Topliss-reactive ketones (excluding diaryl/α,β-unsaturated/α-hetero) is 1. The first-order chi connectivity index (χ1) is 24.7. The maximum Gasteiger partial charge on any atom is 0.220 e. The first kappa shape index (κ1) is 32.6. The molecule has 11 heteroatoms. The Balaban J connectivity index is 0.961. The molecule has 6 heterocycles. The number of nitrogens with zero attached hydrogens (tertiary/aromatic N) is 5. The van der Waals surface area contributed by atoms with Gasteiger partial charge in [0.2, 0.25) is 11.8 Å². The lowest BCUT2D eigenvalue weighted by molar-refractivity contribution is -0.121. The number of ketones is 1. The number of likely N-dealkylation sites (tertiary alicyclic amines) is 2. The van der Waals surface area contributed by atoms with Gasteiger partial charge in [-0.3, -0.25) is 19.4 Å². The molecule has 1 amide bonds. The Morgan fingerprint density at radius 3 is 2.25 bits per heavy atom. The molecule has 3 aromatic heterocycles. The van der Waals surface area contributed by atoms with Crippen LogP contribution < -0.4 is 10.1 Å². The molecule has 1 saturated carbocycles. The van der Waals surface area contributed by atoms with Crippen LogP contribution in [-0.2, 0) is 22.7 Å². The highest BCUT2D eigenvalue weighted by molar-refractivity contribution is 6.39. The second kappa shape index (κ2) is 12.4. The summed E-state index contributed by atoms with van der Waals surface area (Å²) in [4.78, 5) is 37.9. The quantitative estimate of drug-likeness (QED) is 0.184. The number of benzene rings is 2. The number of aromatic nitrogens is 3. The summed E-state index contributed by atoms with van der Waals surface area (Å²) in [6, 6.07) is 20.1. The summed E-state index contributed by atoms with van der Waals surface area (Å²) in [5, 5.41) is 4.32. The van der Waals surface area contributed by atoms with Crippen LogP contribution in [0.1, 0.15) is 43.4 Å². The lowest BCUT2D eigenvalue weighted by Gasteiger charge is -2.48. The zero-order valence-electron chi connectivity index (χ0n) is 28.4. The van der Waals surface area contributed by atoms with Crippen molar-refractivity contribution in [2.24, 2.45) is 5.41 Å². The number of halogens is 2. The number of ether oxygens (including phenoxy) is 1. The van der Waals surface area contributed by atoms with Crippen molar-refractivity contribution in [3.63, 3.8) is 0 Å². The third-order valence-electron chi connectivity index (χ3n) is 11.3. The highest BCUT2D eigenvalue weighted by atomic mass is 35.5. The summed E-state index contributed by atoms with van der Waals surface area (Å²) in [7, 11) is 1.64. The van der Waals surface area contributed by atoms with Gasteiger partial charge in [-0.15, -0.1) is 0 Å². The van der Waals surface area contributed by atoms with Crippen LogP contribution in [-0.4, -0.2) is 74.7 Å². The summed E-state index contributed by atoms with van der Waals surface area (Å²) >= 11 is 14.4. The molecule has 0 radical (unpaired) electrons. The predicted octanol–water partition coefficient (Wildman–Crippen LogP) is 7.07. The van der Waals surface area contributed by atoms with E-state index in [1.807, 2.05) is 60.8 Å². The molecule has 3 aliphatic heterocycles. The fourth-order valence-electron chi connectivity index (χ4n) is 8.81. The number of amides is 1. The van der Waals surface area contributed by atoms with E-state index in [1.54, 1.807) is 7.11 Å². The minimum atomic E-state index is -0.0730. The van der Waals surface area contributed by atoms with Crippen molar-refractivity contribution in [1.82, 2.24) is 29.5 Å². The predicted molar refractivity (Wildman–Crippen MR) is 198 cm³/mol. The van der Waals surface area contributed by atoms with Gasteiger partial charge in [0.25, 0.3) is 0 Å². The van der Waals surface area contributed by atoms with E-state index >= 15 is 0 Å². The molecule has 3 saturated heterocycles. The molecule has 0 bridgehead atoms. The van der Waals surface area contributed by atoms with Crippen LogP contribution in [0.25, 0.3) is 39.2 Å². The molecule has 4 fully saturated rings. The van der Waals surface area contributed by atoms with E-state index in [4.69, 9.17) is 32.9 Å². The molecule has 9 rings (SSSR count). The zero-order chi connectivity index (χ0) is 34.9. The number of hydrogen-bond donors (Lipinski definition) is 1. The van der Waals surface area contributed by atoms with Gasteiger partial charge in [0.05, 0.1) is 40.3 Å². The molecule has 1 aliphatic carbocycles. The molecule has 260 valence electrons. The van der Waals surface area contributed by atoms with E-state index in [-0.39, 0.29) is 16.9 Å². The van der Waals surface area contributed by atoms with Gasteiger partial charge in [0.15, 0.2) is 0 Å². The van der Waals surface area contributed by atoms with Crippen LogP contribution in [0.4, 0.5) is 0 Å². The Morgan fingerprint density at radius 1 is 0.824 bits per heavy atom. The average Bonchev–Trinajstić information content (AvgIpc) is 3.81. The van der Waals surface area contributed by atoms with Crippen molar-refractivity contribution in [3.8, 4) is 39.4 Å². The van der Waals surface area contributed by atoms with Gasteiger partial charge in [0, 0.05) is 98.0 Å². The molecule has 51 heavy (non-hydrogen) atoms. The summed E-state index contributed by atoms with van der Waals surface area (Å²) in [6.45, 7) is 5.07. The largest absolute Gasteiger partial charge is 0.481 e. The summed E-state index contributed by atoms with van der Waals surface area (Å²) in [5.41, 5.74) is 8.13. The fraction of sp³-hybridized carbons (Fsp3) is 0.350. The zero-order valence-corrected chi connectivity index (χ0v) is 29.9. The highest BCUT2D eigenvalue weighted by Crippen LogP contribution is 2.45. The lowest BCUT2D eigenvalue weighted by Crippen LogP contribution is -2.66. The molecule has 4 aliphatic rings. The first-order valence-electron chi connectivity index (χ1n) is 17.6. The smallest absolute Gasteiger partial charge is 0.220 e. The second-order valence-corrected chi connectivity index (χ2v) is 15.7. The Kier molecular flexibility index (Phi) is 7.96. The van der Waals surface area contributed by atoms with Crippen molar-refractivity contribution < 1.29 is 14.3 Å². The summed E-state index contributed by atoms with van der Waals surface area (Å²) < 4.78 is 7.89. The number of pyridine rings is 2. The number of hydrogen-bond acceptors (Lipinski definition) is 7. The molecular weight excluding hydrogens is 683 g/mol. The molecule has 1 N–H and O–H groups in total. The van der Waals surface area contributed by atoms with E-state index in [1.165, 1.54) is 0 Å². The van der Waals surface area contributed by atoms with E-state index in [9.17, 15) is 9.59 Å². The van der Waals surface area contributed by atoms with Gasteiger partial charge in [-0.1, -0.05) is 65.7 Å². The van der Waals surface area contributed by atoms with Gasteiger partial charge in [-0.25, -0.2) is 9.97 Å². The van der Waals surface area contributed by atoms with Gasteiger partial charge in [0.1, 0.15) is 11.4 Å². The van der Waals surface area contributed by atoms with Crippen LogP contribution in [0.5, 0.6) is 5.88 Å². The third kappa shape index (κ3) is 5.80. The maximum absolute atomic E-state index is 11.9. The molecule has 0 atom stereocenters. The van der Waals surface area contributed by atoms with E-state index in [0.717, 1.165) is 103 Å². The van der Waals surface area contributed by atoms with Gasteiger partial charge in [-0.05, 0) is 36.6 Å². The lowest BCUT2D eigenvalue weighted by atomic mass is 9.78. The number of carbonyl (C=O) groups excluding carboxylic acids is 2. The van der Waals surface area contributed by atoms with Crippen LogP contribution >= 0.6 is 23.2 Å². The van der Waals surface area contributed by atoms with Gasteiger partial charge < -0.3 is 14.5 Å². The number of fused-ring (bicyclic) bond motifs is 1. The van der Waals surface area contributed by atoms with Crippen LogP contribution in [0, 0.1) is 5.41 Å². The van der Waals surface area contributed by atoms with E-state index in [2.05, 4.69) is 36.8 Å². The Morgan fingerprint density at radius 2 is 1.55 bits per heavy atom. The molecule has 5 aromatic rings. The number of rotatable bonds is 8. The molecule has 2 aromatic carbocycles. The van der Waals surface area contributed by atoms with Crippen LogP contribution in [0.3, 0.4) is 0 Å². The van der Waals surface area contributed by atoms with Crippen molar-refractivity contribution in [3.05, 3.63) is 94.4 Å². The van der Waals surface area contributed by atoms with Gasteiger partial charge in [-0.2, -0.15) is 0 Å². The highest BCUT2D eigenvalue weighted by Gasteiger charge is 2.48. The van der Waals surface area contributed by atoms with Crippen molar-refractivity contribution in [2.45, 2.75) is 50.7 Å². The standard InChI is InChI=1S/C40H38Cl2N6O3/c1-51-38-26(18-46-23-40(24-46)15-13-35(50)45-40)8-10-33(44-38)32-7-3-6-31(37(32)42)30-5-2-4-29(36(30)41)25-9-11-34-43-17-27(48(34)19-25)20-47-21-39(22-47)14-12-28(49)16-39/h2-11,17,19H,12-16,18,20-24H2,1H3,(H,45,50). The van der Waals surface area contributed by atoms with Crippen LogP contribution in [0.2, 0.25) is 10.0 Å². The minimum Gasteiger partial charge on any atom is -0.481 e. The minimum absolute atomic E-state index is 0.0730. The summed E-state index contributed by atoms with van der Waals surface area (Å²) in [6.07, 6.45) is 8.02. The number of methoxy groups -OCH3 is 1. The fourth-order valence-corrected chi connectivity index (χ4v) is 9.47. The van der Waals surface area contributed by atoms with Crippen LogP contribution in [0.15, 0.2) is 73.1 Å². The molecule has 2 spiro atoms. The number of nitrogens with one attached hydrogen (secondary N) is 1. The molecular formula is C40H38Cl2N6O3. The summed E-state index contributed by atoms with van der Waals surface area (Å²) in [5.74, 6) is 1.11. The normalized spacial score (nSPS) is 19.5. The monoisotopic (exact) mass is 720 g/mol. The maximum atomic E-state index is 11.9. The van der Waals surface area contributed by atoms with Crippen molar-refractivity contribution in [2.75, 3.05) is 33.3 Å². The Labute approximate surface area is 306 Å². The van der Waals surface area contributed by atoms with E-state index in [0.29, 0.717) is 40.4 Å². The average molecular weight is 722 g/mol. The van der Waals surface area contributed by atoms with Gasteiger partial charge >= 0.3 is 0 Å². The third-order valence-corrected chi connectivity index (χ3v) is 12.1. The number of carbonyl (C=O) groups is 2. The molecule has 0 unspecified atom stereocenters. The number of imidazole rings is 1. The second-order valence-electron chi connectivity index (χ2n) is 14.9. The van der Waals surface area contributed by atoms with Crippen molar-refractivity contribution in [1.29, 1.82) is 0 Å². The molecule has 9 nitrogen and oxygen atoms in total. The van der Waals surface area contributed by atoms with Crippen molar-refractivity contribution >= 4 is 40.5 Å². The van der Waals surface area contributed by atoms with E-state index < -0.39 is 0 Å².